The van der Waals surface area contributed by atoms with Crippen molar-refractivity contribution >= 4 is 11.8 Å². The second-order valence-corrected chi connectivity index (χ2v) is 4.63. The Morgan fingerprint density at radius 1 is 1.21 bits per heavy atom. The molecule has 0 spiro atoms. The maximum Gasteiger partial charge on any atom is 0.331 e. The number of hydrogen-bond acceptors (Lipinski definition) is 4. The van der Waals surface area contributed by atoms with Crippen LogP contribution in [0.15, 0.2) is 30.3 Å². The number of carbonyl (C=O) groups excluding carboxylic acids is 2. The van der Waals surface area contributed by atoms with E-state index in [9.17, 15) is 9.59 Å². The molecule has 19 heavy (non-hydrogen) atoms. The van der Waals surface area contributed by atoms with E-state index >= 15 is 0 Å². The molecule has 0 aliphatic carbocycles. The molecule has 2 rings (SSSR count). The molecule has 1 aliphatic heterocycles. The monoisotopic (exact) mass is 261 g/mol. The van der Waals surface area contributed by atoms with Crippen LogP contribution in [0.1, 0.15) is 30.1 Å². The summed E-state index contributed by atoms with van der Waals surface area (Å²) in [5.74, 6) is -0.598. The number of esters is 1. The van der Waals surface area contributed by atoms with E-state index in [2.05, 4.69) is 0 Å². The molecule has 0 radical (unpaired) electrons. The van der Waals surface area contributed by atoms with Crippen molar-refractivity contribution in [2.45, 2.75) is 25.8 Å². The molecule has 1 aliphatic rings. The second kappa shape index (κ2) is 6.48. The lowest BCUT2D eigenvalue weighted by atomic mass is 10.0. The van der Waals surface area contributed by atoms with E-state index < -0.39 is 12.0 Å². The normalized spacial score (nSPS) is 17.1. The van der Waals surface area contributed by atoms with Crippen molar-refractivity contribution in [3.05, 3.63) is 35.9 Å². The van der Waals surface area contributed by atoms with Crippen molar-refractivity contribution in [3.8, 4) is 0 Å². The van der Waals surface area contributed by atoms with Gasteiger partial charge < -0.3 is 4.74 Å². The minimum absolute atomic E-state index is 0.166. The SMILES string of the molecule is CCOC(=O)C(C(=O)c1ccccc1)N1CCCC1. The third-order valence-corrected chi connectivity index (χ3v) is 3.32. The van der Waals surface area contributed by atoms with Gasteiger partial charge in [-0.25, -0.2) is 4.79 Å². The van der Waals surface area contributed by atoms with Crippen LogP contribution in [0, 0.1) is 0 Å². The van der Waals surface area contributed by atoms with E-state index in [4.69, 9.17) is 4.74 Å². The minimum Gasteiger partial charge on any atom is -0.464 e. The maximum absolute atomic E-state index is 12.5. The van der Waals surface area contributed by atoms with Crippen LogP contribution in [0.5, 0.6) is 0 Å². The lowest BCUT2D eigenvalue weighted by Gasteiger charge is -2.24. The summed E-state index contributed by atoms with van der Waals surface area (Å²) in [5.41, 5.74) is 0.562. The summed E-state index contributed by atoms with van der Waals surface area (Å²) in [4.78, 5) is 26.5. The van der Waals surface area contributed by atoms with Gasteiger partial charge in [-0.05, 0) is 32.9 Å². The predicted octanol–water partition coefficient (Wildman–Crippen LogP) is 1.90. The van der Waals surface area contributed by atoms with Gasteiger partial charge in [0, 0.05) is 5.56 Å². The van der Waals surface area contributed by atoms with Crippen LogP contribution >= 0.6 is 0 Å². The number of ether oxygens (including phenoxy) is 1. The Labute approximate surface area is 113 Å². The van der Waals surface area contributed by atoms with E-state index in [0.29, 0.717) is 12.2 Å². The summed E-state index contributed by atoms with van der Waals surface area (Å²) in [6, 6.07) is 8.16. The highest BCUT2D eigenvalue weighted by molar-refractivity contribution is 6.12. The average Bonchev–Trinajstić information content (AvgIpc) is 2.94. The Bertz CT molecular complexity index is 438. The summed E-state index contributed by atoms with van der Waals surface area (Å²) in [5, 5.41) is 0. The Kier molecular flexibility index (Phi) is 4.68. The van der Waals surface area contributed by atoms with Crippen LogP contribution in [0.3, 0.4) is 0 Å². The highest BCUT2D eigenvalue weighted by atomic mass is 16.5. The van der Waals surface area contributed by atoms with Gasteiger partial charge in [-0.2, -0.15) is 0 Å². The summed E-state index contributed by atoms with van der Waals surface area (Å²) < 4.78 is 5.06. The zero-order valence-corrected chi connectivity index (χ0v) is 11.2. The summed E-state index contributed by atoms with van der Waals surface area (Å²) in [6.07, 6.45) is 2.05. The molecule has 0 amide bonds. The largest absolute Gasteiger partial charge is 0.464 e. The van der Waals surface area contributed by atoms with Crippen molar-refractivity contribution in [3.63, 3.8) is 0 Å². The van der Waals surface area contributed by atoms with E-state index in [-0.39, 0.29) is 5.78 Å². The van der Waals surface area contributed by atoms with E-state index in [1.807, 2.05) is 11.0 Å². The number of nitrogens with zero attached hydrogens (tertiary/aromatic N) is 1. The second-order valence-electron chi connectivity index (χ2n) is 4.63. The van der Waals surface area contributed by atoms with Crippen molar-refractivity contribution in [2.24, 2.45) is 0 Å². The van der Waals surface area contributed by atoms with E-state index in [0.717, 1.165) is 25.9 Å². The molecular formula is C15H19NO3. The molecule has 102 valence electrons. The fraction of sp³-hybridized carbons (Fsp3) is 0.467. The molecule has 0 aromatic heterocycles. The van der Waals surface area contributed by atoms with Gasteiger partial charge in [0.1, 0.15) is 0 Å². The van der Waals surface area contributed by atoms with Crippen LogP contribution in [-0.2, 0) is 9.53 Å². The smallest absolute Gasteiger partial charge is 0.331 e. The Balaban J connectivity index is 2.21. The van der Waals surface area contributed by atoms with Crippen LogP contribution in [0.4, 0.5) is 0 Å². The summed E-state index contributed by atoms with van der Waals surface area (Å²) >= 11 is 0. The molecule has 4 heteroatoms. The van der Waals surface area contributed by atoms with E-state index in [1.54, 1.807) is 31.2 Å². The standard InChI is InChI=1S/C15H19NO3/c1-2-19-15(18)13(16-10-6-7-11-16)14(17)12-8-4-3-5-9-12/h3-5,8-9,13H,2,6-7,10-11H2,1H3. The number of hydrogen-bond donors (Lipinski definition) is 0. The van der Waals surface area contributed by atoms with Gasteiger partial charge in [-0.3, -0.25) is 9.69 Å². The first-order valence-corrected chi connectivity index (χ1v) is 6.74. The van der Waals surface area contributed by atoms with Gasteiger partial charge >= 0.3 is 5.97 Å². The highest BCUT2D eigenvalue weighted by Gasteiger charge is 2.35. The lowest BCUT2D eigenvalue weighted by molar-refractivity contribution is -0.147. The van der Waals surface area contributed by atoms with E-state index in [1.165, 1.54) is 0 Å². The molecule has 1 atom stereocenters. The van der Waals surface area contributed by atoms with Crippen molar-refractivity contribution < 1.29 is 14.3 Å². The third-order valence-electron chi connectivity index (χ3n) is 3.32. The van der Waals surface area contributed by atoms with Crippen molar-refractivity contribution in [2.75, 3.05) is 19.7 Å². The lowest BCUT2D eigenvalue weighted by Crippen LogP contribution is -2.46. The fourth-order valence-corrected chi connectivity index (χ4v) is 2.40. The molecule has 1 unspecified atom stereocenters. The number of Topliss-reactive ketones (excluding diaryl/α,β-unsaturated/α-hetero) is 1. The van der Waals surface area contributed by atoms with Crippen LogP contribution in [0.25, 0.3) is 0 Å². The topological polar surface area (TPSA) is 46.6 Å². The molecule has 1 saturated heterocycles. The molecular weight excluding hydrogens is 242 g/mol. The zero-order valence-electron chi connectivity index (χ0n) is 11.2. The van der Waals surface area contributed by atoms with Gasteiger partial charge in [-0.15, -0.1) is 0 Å². The quantitative estimate of drug-likeness (QED) is 0.461. The number of ketones is 1. The highest BCUT2D eigenvalue weighted by Crippen LogP contribution is 2.17. The number of likely N-dealkylation sites (tertiary alicyclic amines) is 1. The molecule has 0 N–H and O–H groups in total. The fourth-order valence-electron chi connectivity index (χ4n) is 2.40. The van der Waals surface area contributed by atoms with Crippen LogP contribution in [-0.4, -0.2) is 42.4 Å². The van der Waals surface area contributed by atoms with Gasteiger partial charge in [0.2, 0.25) is 0 Å². The van der Waals surface area contributed by atoms with Crippen molar-refractivity contribution in [1.82, 2.24) is 4.90 Å². The molecule has 1 heterocycles. The minimum atomic E-state index is -0.787. The molecule has 1 aromatic rings. The number of rotatable bonds is 5. The summed E-state index contributed by atoms with van der Waals surface area (Å²) in [6.45, 7) is 3.61. The molecule has 1 fully saturated rings. The molecule has 0 bridgehead atoms. The number of benzene rings is 1. The first kappa shape index (κ1) is 13.7. The molecule has 0 saturated carbocycles. The van der Waals surface area contributed by atoms with Gasteiger partial charge in [0.15, 0.2) is 11.8 Å². The molecule has 4 nitrogen and oxygen atoms in total. The van der Waals surface area contributed by atoms with Gasteiger partial charge in [-0.1, -0.05) is 30.3 Å². The van der Waals surface area contributed by atoms with Crippen LogP contribution in [0.2, 0.25) is 0 Å². The Hall–Kier alpha value is -1.68. The predicted molar refractivity (Wildman–Crippen MR) is 72.0 cm³/mol. The summed E-state index contributed by atoms with van der Waals surface area (Å²) in [7, 11) is 0. The van der Waals surface area contributed by atoms with Crippen molar-refractivity contribution in [1.29, 1.82) is 0 Å². The first-order valence-electron chi connectivity index (χ1n) is 6.74. The number of carbonyl (C=O) groups is 2. The Morgan fingerprint density at radius 3 is 2.42 bits per heavy atom. The van der Waals surface area contributed by atoms with Crippen LogP contribution < -0.4 is 0 Å². The third kappa shape index (κ3) is 3.20. The van der Waals surface area contributed by atoms with Gasteiger partial charge in [0.25, 0.3) is 0 Å². The first-order chi connectivity index (χ1) is 9.24. The molecule has 1 aromatic carbocycles. The van der Waals surface area contributed by atoms with Gasteiger partial charge in [0.05, 0.1) is 6.61 Å². The average molecular weight is 261 g/mol. The zero-order chi connectivity index (χ0) is 13.7. The maximum atomic E-state index is 12.5. The Morgan fingerprint density at radius 2 is 1.84 bits per heavy atom.